The summed E-state index contributed by atoms with van der Waals surface area (Å²) in [5.41, 5.74) is 2.28. The van der Waals surface area contributed by atoms with Crippen molar-refractivity contribution in [1.82, 2.24) is 0 Å². The molecule has 0 aliphatic heterocycles. The van der Waals surface area contributed by atoms with Crippen molar-refractivity contribution in [3.63, 3.8) is 0 Å². The summed E-state index contributed by atoms with van der Waals surface area (Å²) >= 11 is 0. The van der Waals surface area contributed by atoms with Gasteiger partial charge in [-0.05, 0) is 56.4 Å². The largest absolute Gasteiger partial charge is 0.253 e. The molecule has 24 heavy (non-hydrogen) atoms. The molecule has 3 rings (SSSR count). The third kappa shape index (κ3) is 3.02. The molecule has 2 aromatic carbocycles. The quantitative estimate of drug-likeness (QED) is 0.781. The van der Waals surface area contributed by atoms with Crippen molar-refractivity contribution in [1.29, 1.82) is 0 Å². The van der Waals surface area contributed by atoms with Gasteiger partial charge in [-0.1, -0.05) is 49.2 Å². The minimum Gasteiger partial charge on any atom is -0.253 e. The normalized spacial score (nSPS) is 21.5. The lowest BCUT2D eigenvalue weighted by molar-refractivity contribution is 0.552. The Morgan fingerprint density at radius 3 is 1.50 bits per heavy atom. The molecule has 2 aromatic rings. The number of hydrogen-bond acceptors (Lipinski definition) is 2. The zero-order valence-electron chi connectivity index (χ0n) is 14.6. The Morgan fingerprint density at radius 1 is 0.833 bits per heavy atom. The van der Waals surface area contributed by atoms with Crippen molar-refractivity contribution in [2.75, 3.05) is 0 Å². The van der Waals surface area contributed by atoms with E-state index in [4.69, 9.17) is 0 Å². The predicted molar refractivity (Wildman–Crippen MR) is 101 cm³/mol. The SMILES string of the molecule is Cc1ccc([S@](=O)C2([S@@](=O)c3ccc(C)cc3)C[C@H]2C(C)C)cc1. The Kier molecular flexibility index (Phi) is 4.80. The van der Waals surface area contributed by atoms with Gasteiger partial charge in [-0.3, -0.25) is 8.42 Å². The maximum absolute atomic E-state index is 13.4. The molecular formula is C20H24O2S2. The van der Waals surface area contributed by atoms with Crippen LogP contribution in [-0.2, 0) is 21.6 Å². The molecule has 1 fully saturated rings. The number of benzene rings is 2. The van der Waals surface area contributed by atoms with E-state index >= 15 is 0 Å². The number of hydrogen-bond donors (Lipinski definition) is 0. The second-order valence-electron chi connectivity index (χ2n) is 7.03. The summed E-state index contributed by atoms with van der Waals surface area (Å²) in [6.07, 6.45) is 0.756. The zero-order valence-corrected chi connectivity index (χ0v) is 16.2. The summed E-state index contributed by atoms with van der Waals surface area (Å²) < 4.78 is 26.1. The Hall–Kier alpha value is -1.26. The van der Waals surface area contributed by atoms with Gasteiger partial charge in [0.15, 0.2) is 0 Å². The molecule has 1 aliphatic rings. The number of rotatable bonds is 5. The van der Waals surface area contributed by atoms with Crippen molar-refractivity contribution >= 4 is 21.6 Å². The minimum absolute atomic E-state index is 0.224. The lowest BCUT2D eigenvalue weighted by Gasteiger charge is -2.19. The van der Waals surface area contributed by atoms with Crippen molar-refractivity contribution in [3.05, 3.63) is 59.7 Å². The van der Waals surface area contributed by atoms with E-state index in [9.17, 15) is 8.42 Å². The first-order chi connectivity index (χ1) is 11.4. The number of aryl methyl sites for hydroxylation is 2. The average molecular weight is 361 g/mol. The van der Waals surface area contributed by atoms with Gasteiger partial charge in [-0.2, -0.15) is 0 Å². The van der Waals surface area contributed by atoms with Crippen LogP contribution >= 0.6 is 0 Å². The van der Waals surface area contributed by atoms with Gasteiger partial charge in [-0.15, -0.1) is 0 Å². The van der Waals surface area contributed by atoms with Gasteiger partial charge in [-0.25, -0.2) is 0 Å². The lowest BCUT2D eigenvalue weighted by atomic mass is 10.1. The molecule has 0 radical (unpaired) electrons. The summed E-state index contributed by atoms with van der Waals surface area (Å²) in [6, 6.07) is 15.5. The lowest BCUT2D eigenvalue weighted by Crippen LogP contribution is -2.27. The molecule has 0 spiro atoms. The highest BCUT2D eigenvalue weighted by Gasteiger charge is 2.65. The first-order valence-electron chi connectivity index (χ1n) is 8.33. The fourth-order valence-electron chi connectivity index (χ4n) is 3.21. The van der Waals surface area contributed by atoms with Crippen LogP contribution in [0.5, 0.6) is 0 Å². The van der Waals surface area contributed by atoms with Gasteiger partial charge in [0, 0.05) is 9.79 Å². The average Bonchev–Trinajstić information content (AvgIpc) is 3.32. The third-order valence-corrected chi connectivity index (χ3v) is 9.31. The van der Waals surface area contributed by atoms with E-state index < -0.39 is 25.7 Å². The van der Waals surface area contributed by atoms with Crippen LogP contribution in [0.1, 0.15) is 31.4 Å². The summed E-state index contributed by atoms with van der Waals surface area (Å²) in [5.74, 6) is 0.593. The Labute approximate surface area is 149 Å². The van der Waals surface area contributed by atoms with Crippen LogP contribution in [-0.4, -0.2) is 12.5 Å². The molecule has 4 heteroatoms. The molecule has 0 bridgehead atoms. The van der Waals surface area contributed by atoms with E-state index in [1.54, 1.807) is 0 Å². The standard InChI is InChI=1S/C20H24O2S2/c1-14(2)19-13-20(19,23(21)17-9-5-15(3)6-10-17)24(22)18-11-7-16(4)8-12-18/h5-12,14,19H,13H2,1-4H3/t19-,23-,24-/m0/s1. The van der Waals surface area contributed by atoms with Crippen molar-refractivity contribution in [2.24, 2.45) is 11.8 Å². The zero-order chi connectivity index (χ0) is 17.5. The van der Waals surface area contributed by atoms with Crippen LogP contribution < -0.4 is 0 Å². The van der Waals surface area contributed by atoms with Crippen LogP contribution in [0.4, 0.5) is 0 Å². The second-order valence-corrected chi connectivity index (χ2v) is 10.8. The van der Waals surface area contributed by atoms with Crippen LogP contribution in [0.3, 0.4) is 0 Å². The Balaban J connectivity index is 1.99. The Bertz CT molecular complexity index is 719. The molecule has 0 unspecified atom stereocenters. The molecule has 0 amide bonds. The third-order valence-electron chi connectivity index (χ3n) is 4.81. The second kappa shape index (κ2) is 6.57. The molecule has 1 saturated carbocycles. The summed E-state index contributed by atoms with van der Waals surface area (Å²) in [5, 5.41) is 0. The molecule has 0 N–H and O–H groups in total. The summed E-state index contributed by atoms with van der Waals surface area (Å²) in [4.78, 5) is 1.56. The van der Waals surface area contributed by atoms with Crippen LogP contribution in [0.15, 0.2) is 58.3 Å². The van der Waals surface area contributed by atoms with E-state index in [-0.39, 0.29) is 5.92 Å². The molecular weight excluding hydrogens is 336 g/mol. The molecule has 0 saturated heterocycles. The van der Waals surface area contributed by atoms with Crippen LogP contribution in [0, 0.1) is 25.7 Å². The molecule has 3 atom stereocenters. The van der Waals surface area contributed by atoms with Gasteiger partial charge in [0.25, 0.3) is 0 Å². The molecule has 0 heterocycles. The predicted octanol–water partition coefficient (Wildman–Crippen LogP) is 4.59. The van der Waals surface area contributed by atoms with Gasteiger partial charge in [0.2, 0.25) is 0 Å². The monoisotopic (exact) mass is 360 g/mol. The highest BCUT2D eigenvalue weighted by atomic mass is 32.2. The van der Waals surface area contributed by atoms with E-state index in [1.807, 2.05) is 62.4 Å². The first-order valence-corrected chi connectivity index (χ1v) is 10.6. The maximum Gasteiger partial charge on any atom is 0.133 e. The molecule has 128 valence electrons. The van der Waals surface area contributed by atoms with Gasteiger partial charge < -0.3 is 0 Å². The maximum atomic E-state index is 13.4. The van der Waals surface area contributed by atoms with E-state index in [0.717, 1.165) is 27.3 Å². The minimum atomic E-state index is -1.28. The highest BCUT2D eigenvalue weighted by Crippen LogP contribution is 2.58. The summed E-state index contributed by atoms with van der Waals surface area (Å²) in [6.45, 7) is 8.29. The molecule has 0 aromatic heterocycles. The highest BCUT2D eigenvalue weighted by molar-refractivity contribution is 8.04. The smallest absolute Gasteiger partial charge is 0.133 e. The van der Waals surface area contributed by atoms with Crippen LogP contribution in [0.2, 0.25) is 0 Å². The molecule has 1 aliphatic carbocycles. The van der Waals surface area contributed by atoms with E-state index in [2.05, 4.69) is 13.8 Å². The van der Waals surface area contributed by atoms with Gasteiger partial charge in [0.05, 0.1) is 21.6 Å². The fourth-order valence-corrected chi connectivity index (χ4v) is 7.66. The van der Waals surface area contributed by atoms with E-state index in [0.29, 0.717) is 5.92 Å². The molecule has 2 nitrogen and oxygen atoms in total. The fraction of sp³-hybridized carbons (Fsp3) is 0.400. The topological polar surface area (TPSA) is 34.1 Å². The Morgan fingerprint density at radius 2 is 1.21 bits per heavy atom. The van der Waals surface area contributed by atoms with Crippen molar-refractivity contribution < 1.29 is 8.42 Å². The van der Waals surface area contributed by atoms with Crippen LogP contribution in [0.25, 0.3) is 0 Å². The summed E-state index contributed by atoms with van der Waals surface area (Å²) in [7, 11) is -2.56. The van der Waals surface area contributed by atoms with E-state index in [1.165, 1.54) is 0 Å². The van der Waals surface area contributed by atoms with Gasteiger partial charge in [0.1, 0.15) is 4.08 Å². The van der Waals surface area contributed by atoms with Crippen molar-refractivity contribution in [2.45, 2.75) is 48.0 Å². The van der Waals surface area contributed by atoms with Gasteiger partial charge >= 0.3 is 0 Å². The first kappa shape index (κ1) is 17.6. The van der Waals surface area contributed by atoms with Crippen molar-refractivity contribution in [3.8, 4) is 0 Å².